The number of imide groups is 1. The molecule has 1 aliphatic heterocycles. The fourth-order valence-electron chi connectivity index (χ4n) is 2.68. The van der Waals surface area contributed by atoms with Crippen LogP contribution in [0.15, 0.2) is 54.6 Å². The number of rotatable bonds is 5. The molecule has 0 aliphatic carbocycles. The van der Waals surface area contributed by atoms with Crippen LogP contribution in [0, 0.1) is 5.82 Å². The Labute approximate surface area is 155 Å². The highest BCUT2D eigenvalue weighted by atomic mass is 19.1. The number of amides is 4. The summed E-state index contributed by atoms with van der Waals surface area (Å²) in [5.41, 5.74) is 1.58. The minimum Gasteiger partial charge on any atom is -0.481 e. The van der Waals surface area contributed by atoms with Gasteiger partial charge in [0.15, 0.2) is 6.10 Å². The van der Waals surface area contributed by atoms with Crippen LogP contribution in [0.5, 0.6) is 5.75 Å². The van der Waals surface area contributed by atoms with Crippen molar-refractivity contribution in [2.75, 3.05) is 0 Å². The Morgan fingerprint density at radius 3 is 2.41 bits per heavy atom. The van der Waals surface area contributed by atoms with Gasteiger partial charge in [-0.3, -0.25) is 15.0 Å². The molecule has 8 heteroatoms. The highest BCUT2D eigenvalue weighted by Crippen LogP contribution is 2.27. The maximum Gasteiger partial charge on any atom is 0.344 e. The first-order chi connectivity index (χ1) is 12.8. The molecule has 140 valence electrons. The molecule has 2 aromatic rings. The molecule has 0 bridgehead atoms. The smallest absolute Gasteiger partial charge is 0.344 e. The van der Waals surface area contributed by atoms with Gasteiger partial charge in [0.05, 0.1) is 0 Å². The van der Waals surface area contributed by atoms with Crippen LogP contribution in [-0.2, 0) is 15.1 Å². The molecule has 0 saturated carbocycles. The summed E-state index contributed by atoms with van der Waals surface area (Å²) < 4.78 is 18.3. The first-order valence-electron chi connectivity index (χ1n) is 8.26. The summed E-state index contributed by atoms with van der Waals surface area (Å²) in [6.07, 6.45) is -1.01. The lowest BCUT2D eigenvalue weighted by molar-refractivity contribution is -0.141. The zero-order chi connectivity index (χ0) is 19.6. The SMILES string of the molecule is C[C@@H](Oc1ccc(F)cc1)C(=O)NN1C(=O)N[C@@](C)(c2ccccc2)C1=O. The molecule has 2 aromatic carbocycles. The van der Waals surface area contributed by atoms with Crippen LogP contribution in [0.25, 0.3) is 0 Å². The highest BCUT2D eigenvalue weighted by molar-refractivity contribution is 6.08. The van der Waals surface area contributed by atoms with Crippen LogP contribution < -0.4 is 15.5 Å². The summed E-state index contributed by atoms with van der Waals surface area (Å²) in [6, 6.07) is 13.1. The summed E-state index contributed by atoms with van der Waals surface area (Å²) in [7, 11) is 0. The topological polar surface area (TPSA) is 87.7 Å². The Bertz CT molecular complexity index is 872. The molecule has 7 nitrogen and oxygen atoms in total. The van der Waals surface area contributed by atoms with Gasteiger partial charge in [-0.15, -0.1) is 0 Å². The molecule has 1 fully saturated rings. The summed E-state index contributed by atoms with van der Waals surface area (Å²) >= 11 is 0. The fraction of sp³-hybridized carbons (Fsp3) is 0.211. The van der Waals surface area contributed by atoms with E-state index in [1.165, 1.54) is 31.2 Å². The number of benzene rings is 2. The number of nitrogens with zero attached hydrogens (tertiary/aromatic N) is 1. The lowest BCUT2D eigenvalue weighted by atomic mass is 9.92. The molecule has 2 N–H and O–H groups in total. The number of hydrogen-bond donors (Lipinski definition) is 2. The van der Waals surface area contributed by atoms with Gasteiger partial charge >= 0.3 is 6.03 Å². The number of halogens is 1. The van der Waals surface area contributed by atoms with Crippen molar-refractivity contribution in [3.63, 3.8) is 0 Å². The molecule has 27 heavy (non-hydrogen) atoms. The van der Waals surface area contributed by atoms with Crippen LogP contribution in [-0.4, -0.2) is 29.0 Å². The van der Waals surface area contributed by atoms with Gasteiger partial charge in [0.2, 0.25) is 0 Å². The number of ether oxygens (including phenoxy) is 1. The Hall–Kier alpha value is -3.42. The average molecular weight is 371 g/mol. The third kappa shape index (κ3) is 3.59. The Balaban J connectivity index is 1.69. The van der Waals surface area contributed by atoms with E-state index in [9.17, 15) is 18.8 Å². The van der Waals surface area contributed by atoms with Gasteiger partial charge in [-0.25, -0.2) is 9.18 Å². The number of hydrazine groups is 1. The average Bonchev–Trinajstić information content (AvgIpc) is 2.88. The molecule has 0 spiro atoms. The molecule has 1 heterocycles. The number of carbonyl (C=O) groups is 3. The lowest BCUT2D eigenvalue weighted by Gasteiger charge is -2.22. The Morgan fingerprint density at radius 2 is 1.78 bits per heavy atom. The maximum absolute atomic E-state index is 12.9. The molecular formula is C19H18FN3O4. The van der Waals surface area contributed by atoms with Crippen LogP contribution in [0.3, 0.4) is 0 Å². The quantitative estimate of drug-likeness (QED) is 0.788. The van der Waals surface area contributed by atoms with E-state index in [1.54, 1.807) is 37.3 Å². The highest BCUT2D eigenvalue weighted by Gasteiger charge is 2.50. The predicted octanol–water partition coefficient (Wildman–Crippen LogP) is 2.09. The van der Waals surface area contributed by atoms with E-state index in [0.29, 0.717) is 10.6 Å². The number of hydrogen-bond acceptors (Lipinski definition) is 4. The minimum absolute atomic E-state index is 0.283. The van der Waals surface area contributed by atoms with Crippen molar-refractivity contribution in [3.05, 3.63) is 66.0 Å². The van der Waals surface area contributed by atoms with E-state index in [1.807, 2.05) is 0 Å². The first kappa shape index (κ1) is 18.4. The van der Waals surface area contributed by atoms with E-state index in [4.69, 9.17) is 4.74 Å². The third-order valence-electron chi connectivity index (χ3n) is 4.26. The van der Waals surface area contributed by atoms with Crippen molar-refractivity contribution in [1.82, 2.24) is 15.8 Å². The second-order valence-corrected chi connectivity index (χ2v) is 6.25. The molecule has 3 rings (SSSR count). The normalized spacial score (nSPS) is 20.2. The second-order valence-electron chi connectivity index (χ2n) is 6.25. The third-order valence-corrected chi connectivity index (χ3v) is 4.26. The van der Waals surface area contributed by atoms with Gasteiger partial charge in [0.25, 0.3) is 11.8 Å². The van der Waals surface area contributed by atoms with Crippen molar-refractivity contribution in [2.45, 2.75) is 25.5 Å². The molecule has 2 atom stereocenters. The second kappa shape index (κ2) is 7.06. The molecule has 0 unspecified atom stereocenters. The Kier molecular flexibility index (Phi) is 4.81. The van der Waals surface area contributed by atoms with Crippen LogP contribution >= 0.6 is 0 Å². The summed E-state index contributed by atoms with van der Waals surface area (Å²) in [5, 5.41) is 3.23. The van der Waals surface area contributed by atoms with Crippen molar-refractivity contribution in [2.24, 2.45) is 0 Å². The van der Waals surface area contributed by atoms with E-state index < -0.39 is 35.3 Å². The van der Waals surface area contributed by atoms with Crippen LogP contribution in [0.1, 0.15) is 19.4 Å². The summed E-state index contributed by atoms with van der Waals surface area (Å²) in [5.74, 6) is -1.45. The lowest BCUT2D eigenvalue weighted by Crippen LogP contribution is -2.51. The standard InChI is InChI=1S/C19H18FN3O4/c1-12(27-15-10-8-14(20)9-11-15)16(24)22-23-17(25)19(2,21-18(23)26)13-6-4-3-5-7-13/h3-12H,1-2H3,(H,21,26)(H,22,24)/t12-,19+/m1/s1. The van der Waals surface area contributed by atoms with E-state index in [-0.39, 0.29) is 5.75 Å². The van der Waals surface area contributed by atoms with Crippen LogP contribution in [0.2, 0.25) is 0 Å². The number of nitrogens with one attached hydrogen (secondary N) is 2. The Morgan fingerprint density at radius 1 is 1.15 bits per heavy atom. The van der Waals surface area contributed by atoms with E-state index >= 15 is 0 Å². The van der Waals surface area contributed by atoms with Crippen molar-refractivity contribution in [1.29, 1.82) is 0 Å². The van der Waals surface area contributed by atoms with E-state index in [2.05, 4.69) is 10.7 Å². The van der Waals surface area contributed by atoms with Crippen molar-refractivity contribution >= 4 is 17.8 Å². The van der Waals surface area contributed by atoms with Gasteiger partial charge in [0.1, 0.15) is 17.1 Å². The van der Waals surface area contributed by atoms with E-state index in [0.717, 1.165) is 0 Å². The van der Waals surface area contributed by atoms with Crippen LogP contribution in [0.4, 0.5) is 9.18 Å². The molecule has 0 aromatic heterocycles. The summed E-state index contributed by atoms with van der Waals surface area (Å²) in [4.78, 5) is 37.3. The molecule has 0 radical (unpaired) electrons. The molecular weight excluding hydrogens is 353 g/mol. The van der Waals surface area contributed by atoms with Crippen molar-refractivity contribution < 1.29 is 23.5 Å². The minimum atomic E-state index is -1.29. The van der Waals surface area contributed by atoms with Gasteiger partial charge in [-0.05, 0) is 43.7 Å². The monoisotopic (exact) mass is 371 g/mol. The first-order valence-corrected chi connectivity index (χ1v) is 8.26. The number of urea groups is 1. The van der Waals surface area contributed by atoms with Gasteiger partial charge < -0.3 is 10.1 Å². The fourth-order valence-corrected chi connectivity index (χ4v) is 2.68. The zero-order valence-corrected chi connectivity index (χ0v) is 14.7. The van der Waals surface area contributed by atoms with Gasteiger partial charge in [0, 0.05) is 0 Å². The zero-order valence-electron chi connectivity index (χ0n) is 14.7. The van der Waals surface area contributed by atoms with Gasteiger partial charge in [-0.2, -0.15) is 5.01 Å². The van der Waals surface area contributed by atoms with Gasteiger partial charge in [-0.1, -0.05) is 30.3 Å². The molecule has 4 amide bonds. The molecule has 1 saturated heterocycles. The maximum atomic E-state index is 12.9. The largest absolute Gasteiger partial charge is 0.481 e. The summed E-state index contributed by atoms with van der Waals surface area (Å²) in [6.45, 7) is 3.01. The molecule has 1 aliphatic rings. The predicted molar refractivity (Wildman–Crippen MR) is 93.8 cm³/mol. The van der Waals surface area contributed by atoms with Crippen molar-refractivity contribution in [3.8, 4) is 5.75 Å². The number of carbonyl (C=O) groups excluding carboxylic acids is 3.